The first-order chi connectivity index (χ1) is 15.6. The number of ketones is 1. The molecule has 0 atom stereocenters. The lowest BCUT2D eigenvalue weighted by molar-refractivity contribution is -0.141. The maximum Gasteiger partial charge on any atom is 0.435 e. The van der Waals surface area contributed by atoms with Crippen LogP contribution in [0.15, 0.2) is 49.4 Å². The van der Waals surface area contributed by atoms with Crippen molar-refractivity contribution in [1.82, 2.24) is 29.3 Å². The highest BCUT2D eigenvalue weighted by Crippen LogP contribution is 2.27. The third-order valence-corrected chi connectivity index (χ3v) is 4.82. The fraction of sp³-hybridized carbons (Fsp3) is 0.238. The van der Waals surface area contributed by atoms with Crippen molar-refractivity contribution in [3.8, 4) is 0 Å². The second-order valence-electron chi connectivity index (χ2n) is 7.54. The van der Waals surface area contributed by atoms with Crippen molar-refractivity contribution in [1.29, 1.82) is 0 Å². The van der Waals surface area contributed by atoms with Gasteiger partial charge >= 0.3 is 6.18 Å². The van der Waals surface area contributed by atoms with Gasteiger partial charge in [-0.05, 0) is 26.0 Å². The summed E-state index contributed by atoms with van der Waals surface area (Å²) in [6.07, 6.45) is 3.84. The number of nitrogens with zero attached hydrogens (tertiary/aromatic N) is 6. The molecule has 0 unspecified atom stereocenters. The number of carbonyl (C=O) groups is 2. The summed E-state index contributed by atoms with van der Waals surface area (Å²) in [5.41, 5.74) is 0.365. The number of hydrogen-bond donors (Lipinski definition) is 1. The van der Waals surface area contributed by atoms with Crippen LogP contribution in [0.4, 0.5) is 18.9 Å². The fourth-order valence-corrected chi connectivity index (χ4v) is 3.30. The minimum atomic E-state index is -4.59. The number of pyridine rings is 1. The molecule has 9 nitrogen and oxygen atoms in total. The molecule has 1 N–H and O–H groups in total. The molecule has 0 saturated heterocycles. The van der Waals surface area contributed by atoms with Gasteiger partial charge < -0.3 is 9.88 Å². The van der Waals surface area contributed by atoms with Gasteiger partial charge in [-0.1, -0.05) is 0 Å². The van der Waals surface area contributed by atoms with Gasteiger partial charge in [-0.15, -0.1) is 0 Å². The van der Waals surface area contributed by atoms with Crippen molar-refractivity contribution in [2.24, 2.45) is 0 Å². The summed E-state index contributed by atoms with van der Waals surface area (Å²) in [4.78, 5) is 37.7. The van der Waals surface area contributed by atoms with E-state index in [1.807, 2.05) is 18.4 Å². The highest BCUT2D eigenvalue weighted by molar-refractivity contribution is 6.16. The number of amides is 1. The number of hydrogen-bond acceptors (Lipinski definition) is 6. The lowest BCUT2D eigenvalue weighted by Crippen LogP contribution is -2.20. The Morgan fingerprint density at radius 3 is 2.64 bits per heavy atom. The molecule has 170 valence electrons. The Morgan fingerprint density at radius 2 is 1.94 bits per heavy atom. The summed E-state index contributed by atoms with van der Waals surface area (Å²) in [7, 11) is 0. The van der Waals surface area contributed by atoms with Crippen LogP contribution in [0.2, 0.25) is 0 Å². The molecule has 0 aromatic carbocycles. The van der Waals surface area contributed by atoms with Crippen molar-refractivity contribution in [3.63, 3.8) is 0 Å². The third kappa shape index (κ3) is 4.59. The van der Waals surface area contributed by atoms with Crippen molar-refractivity contribution in [2.45, 2.75) is 32.6 Å². The van der Waals surface area contributed by atoms with Crippen LogP contribution >= 0.6 is 0 Å². The molecule has 12 heteroatoms. The molecule has 0 radical (unpaired) electrons. The molecule has 0 spiro atoms. The number of aromatic nitrogens is 6. The van der Waals surface area contributed by atoms with Crippen LogP contribution in [0.1, 0.15) is 41.5 Å². The minimum absolute atomic E-state index is 0.0628. The number of nitrogens with one attached hydrogen (secondary N) is 1. The summed E-state index contributed by atoms with van der Waals surface area (Å²) < 4.78 is 40.7. The largest absolute Gasteiger partial charge is 0.435 e. The van der Waals surface area contributed by atoms with E-state index in [1.54, 1.807) is 12.4 Å². The van der Waals surface area contributed by atoms with Gasteiger partial charge in [0.1, 0.15) is 18.5 Å². The van der Waals surface area contributed by atoms with Gasteiger partial charge in [0.25, 0.3) is 0 Å². The summed E-state index contributed by atoms with van der Waals surface area (Å²) in [5.74, 6) is -0.956. The quantitative estimate of drug-likeness (QED) is 0.444. The van der Waals surface area contributed by atoms with Crippen LogP contribution in [0.25, 0.3) is 11.0 Å². The van der Waals surface area contributed by atoms with Gasteiger partial charge in [0.05, 0.1) is 17.4 Å². The molecular formula is C21H18F3N7O2. The predicted octanol–water partition coefficient (Wildman–Crippen LogP) is 3.49. The van der Waals surface area contributed by atoms with E-state index in [9.17, 15) is 22.8 Å². The zero-order valence-electron chi connectivity index (χ0n) is 17.5. The number of carbonyl (C=O) groups excluding carboxylic acids is 2. The Hall–Kier alpha value is -4.09. The predicted molar refractivity (Wildman–Crippen MR) is 111 cm³/mol. The van der Waals surface area contributed by atoms with Crippen LogP contribution in [-0.4, -0.2) is 41.0 Å². The molecule has 0 saturated carbocycles. The van der Waals surface area contributed by atoms with E-state index in [-0.39, 0.29) is 23.1 Å². The van der Waals surface area contributed by atoms with Crippen LogP contribution in [-0.2, 0) is 17.5 Å². The minimum Gasteiger partial charge on any atom is -0.329 e. The van der Waals surface area contributed by atoms with Gasteiger partial charge in [0, 0.05) is 41.8 Å². The topological polar surface area (TPSA) is 108 Å². The molecule has 33 heavy (non-hydrogen) atoms. The Labute approximate surface area is 185 Å². The van der Waals surface area contributed by atoms with Gasteiger partial charge in [-0.3, -0.25) is 19.3 Å². The summed E-state index contributed by atoms with van der Waals surface area (Å²) in [6.45, 7) is 3.49. The Balaban J connectivity index is 1.54. The molecule has 4 aromatic heterocycles. The van der Waals surface area contributed by atoms with Gasteiger partial charge in [-0.2, -0.15) is 18.3 Å². The normalized spacial score (nSPS) is 11.8. The standard InChI is InChI=1S/C21H18F3N7O2/c1-12(2)31-9-16(15-8-26-11-27-20(15)31)19(33)13-5-14(7-25-6-13)28-18(32)10-30-4-3-17(29-30)21(22,23)24/h3-9,11-12H,10H2,1-2H3,(H,28,32). The fourth-order valence-electron chi connectivity index (χ4n) is 3.30. The van der Waals surface area contributed by atoms with Crippen LogP contribution < -0.4 is 5.32 Å². The van der Waals surface area contributed by atoms with Gasteiger partial charge in [-0.25, -0.2) is 9.97 Å². The molecular weight excluding hydrogens is 439 g/mol. The average Bonchev–Trinajstić information content (AvgIpc) is 3.38. The van der Waals surface area contributed by atoms with Crippen LogP contribution in [0.3, 0.4) is 0 Å². The molecule has 4 rings (SSSR count). The maximum absolute atomic E-state index is 13.2. The molecule has 0 aliphatic carbocycles. The molecule has 0 aliphatic rings. The van der Waals surface area contributed by atoms with E-state index in [1.165, 1.54) is 24.8 Å². The first-order valence-corrected chi connectivity index (χ1v) is 9.84. The van der Waals surface area contributed by atoms with Gasteiger partial charge in [0.15, 0.2) is 11.5 Å². The van der Waals surface area contributed by atoms with Crippen molar-refractivity contribution < 1.29 is 22.8 Å². The number of rotatable bonds is 6. The summed E-state index contributed by atoms with van der Waals surface area (Å²) >= 11 is 0. The monoisotopic (exact) mass is 457 g/mol. The zero-order valence-corrected chi connectivity index (χ0v) is 17.5. The van der Waals surface area contributed by atoms with Gasteiger partial charge in [0.2, 0.25) is 5.91 Å². The Morgan fingerprint density at radius 1 is 1.15 bits per heavy atom. The summed E-state index contributed by atoms with van der Waals surface area (Å²) in [5, 5.41) is 6.45. The molecule has 4 aromatic rings. The average molecular weight is 457 g/mol. The third-order valence-electron chi connectivity index (χ3n) is 4.82. The van der Waals surface area contributed by atoms with E-state index in [4.69, 9.17) is 0 Å². The van der Waals surface area contributed by atoms with Crippen molar-refractivity contribution in [3.05, 3.63) is 66.3 Å². The van der Waals surface area contributed by atoms with E-state index in [0.717, 1.165) is 16.9 Å². The van der Waals surface area contributed by atoms with Crippen molar-refractivity contribution >= 4 is 28.4 Å². The lowest BCUT2D eigenvalue weighted by atomic mass is 10.1. The molecule has 0 fully saturated rings. The first-order valence-electron chi connectivity index (χ1n) is 9.84. The molecule has 0 bridgehead atoms. The first kappa shape index (κ1) is 22.1. The van der Waals surface area contributed by atoms with E-state index in [0.29, 0.717) is 16.6 Å². The smallest absolute Gasteiger partial charge is 0.329 e. The number of alkyl halides is 3. The second-order valence-corrected chi connectivity index (χ2v) is 7.54. The highest BCUT2D eigenvalue weighted by atomic mass is 19.4. The lowest BCUT2D eigenvalue weighted by Gasteiger charge is -2.07. The molecule has 4 heterocycles. The SMILES string of the molecule is CC(C)n1cc(C(=O)c2cncc(NC(=O)Cn3ccc(C(F)(F)F)n3)c2)c2cncnc21. The molecule has 1 amide bonds. The van der Waals surface area contributed by atoms with E-state index in [2.05, 4.69) is 25.4 Å². The Kier molecular flexibility index (Phi) is 5.66. The number of anilines is 1. The number of fused-ring (bicyclic) bond motifs is 1. The zero-order chi connectivity index (χ0) is 23.8. The summed E-state index contributed by atoms with van der Waals surface area (Å²) in [6, 6.07) is 2.29. The van der Waals surface area contributed by atoms with Crippen LogP contribution in [0, 0.1) is 0 Å². The van der Waals surface area contributed by atoms with E-state index >= 15 is 0 Å². The van der Waals surface area contributed by atoms with Crippen molar-refractivity contribution in [2.75, 3.05) is 5.32 Å². The maximum atomic E-state index is 13.2. The highest BCUT2D eigenvalue weighted by Gasteiger charge is 2.33. The van der Waals surface area contributed by atoms with Crippen LogP contribution in [0.5, 0.6) is 0 Å². The molecule has 0 aliphatic heterocycles. The Bertz CT molecular complexity index is 1340. The second kappa shape index (κ2) is 8.45. The van der Waals surface area contributed by atoms with E-state index < -0.39 is 24.3 Å². The number of halogens is 3.